The van der Waals surface area contributed by atoms with Gasteiger partial charge in [-0.3, -0.25) is 0 Å². The van der Waals surface area contributed by atoms with Gasteiger partial charge in [-0.05, 0) is 34.7 Å². The minimum atomic E-state index is 0.891. The topological polar surface area (TPSA) is 16.1 Å². The van der Waals surface area contributed by atoms with Crippen LogP contribution in [0.15, 0.2) is 9.98 Å². The first kappa shape index (κ1) is 10.4. The Bertz CT molecular complexity index is 300. The second-order valence-electron chi connectivity index (χ2n) is 3.84. The summed E-state index contributed by atoms with van der Waals surface area (Å²) in [4.78, 5) is 6.86. The van der Waals surface area contributed by atoms with Crippen LogP contribution in [-0.4, -0.2) is 18.1 Å². The molecule has 1 fully saturated rings. The smallest absolute Gasteiger partial charge is 0.186 e. The number of hydrogen-bond acceptors (Lipinski definition) is 3. The summed E-state index contributed by atoms with van der Waals surface area (Å²) in [7, 11) is 0. The van der Waals surface area contributed by atoms with E-state index in [0.29, 0.717) is 0 Å². The van der Waals surface area contributed by atoms with E-state index in [0.717, 1.165) is 10.5 Å². The fraction of sp³-hybridized carbons (Fsp3) is 0.700. The Kier molecular flexibility index (Phi) is 3.44. The number of rotatable bonds is 3. The number of aromatic nitrogens is 1. The van der Waals surface area contributed by atoms with Crippen molar-refractivity contribution in [3.8, 4) is 0 Å². The van der Waals surface area contributed by atoms with Gasteiger partial charge in [-0.1, -0.05) is 13.3 Å². The van der Waals surface area contributed by atoms with Gasteiger partial charge in [-0.25, -0.2) is 4.98 Å². The van der Waals surface area contributed by atoms with Crippen LogP contribution < -0.4 is 4.90 Å². The standard InChI is InChI=1S/C10H15BrN2S/c1-2-3-8-4-5-13(6-8)10-12-9(11)7-14-10/h7-8H,2-6H2,1H3. The average molecular weight is 275 g/mol. The van der Waals surface area contributed by atoms with Gasteiger partial charge in [0.25, 0.3) is 0 Å². The summed E-state index contributed by atoms with van der Waals surface area (Å²) in [5.74, 6) is 0.891. The zero-order valence-corrected chi connectivity index (χ0v) is 10.8. The number of thiazole rings is 1. The van der Waals surface area contributed by atoms with Gasteiger partial charge in [0.15, 0.2) is 5.13 Å². The molecule has 1 atom stereocenters. The van der Waals surface area contributed by atoms with Gasteiger partial charge in [0.2, 0.25) is 0 Å². The molecule has 0 bridgehead atoms. The number of nitrogens with zero attached hydrogens (tertiary/aromatic N) is 2. The second kappa shape index (κ2) is 4.62. The minimum Gasteiger partial charge on any atom is -0.348 e. The van der Waals surface area contributed by atoms with Gasteiger partial charge in [-0.15, -0.1) is 11.3 Å². The van der Waals surface area contributed by atoms with Crippen molar-refractivity contribution in [1.29, 1.82) is 0 Å². The molecule has 2 heterocycles. The van der Waals surface area contributed by atoms with Gasteiger partial charge in [-0.2, -0.15) is 0 Å². The fourth-order valence-corrected chi connectivity index (χ4v) is 3.33. The van der Waals surface area contributed by atoms with Crippen molar-refractivity contribution in [1.82, 2.24) is 4.98 Å². The molecule has 0 spiro atoms. The highest BCUT2D eigenvalue weighted by Crippen LogP contribution is 2.30. The molecule has 2 rings (SSSR count). The van der Waals surface area contributed by atoms with Crippen LogP contribution in [0.3, 0.4) is 0 Å². The summed E-state index contributed by atoms with van der Waals surface area (Å²) >= 11 is 5.13. The third-order valence-electron chi connectivity index (χ3n) is 2.72. The maximum atomic E-state index is 4.45. The molecule has 1 unspecified atom stereocenters. The summed E-state index contributed by atoms with van der Waals surface area (Å²) in [6, 6.07) is 0. The number of halogens is 1. The van der Waals surface area contributed by atoms with E-state index in [4.69, 9.17) is 0 Å². The largest absolute Gasteiger partial charge is 0.348 e. The van der Waals surface area contributed by atoms with Gasteiger partial charge < -0.3 is 4.90 Å². The van der Waals surface area contributed by atoms with Crippen LogP contribution in [0.25, 0.3) is 0 Å². The molecular weight excluding hydrogens is 260 g/mol. The second-order valence-corrected chi connectivity index (χ2v) is 5.49. The van der Waals surface area contributed by atoms with Crippen LogP contribution in [0.4, 0.5) is 5.13 Å². The Morgan fingerprint density at radius 3 is 3.21 bits per heavy atom. The molecule has 0 aliphatic carbocycles. The van der Waals surface area contributed by atoms with Crippen molar-refractivity contribution in [2.24, 2.45) is 5.92 Å². The Labute approximate surface area is 97.5 Å². The maximum Gasteiger partial charge on any atom is 0.186 e. The van der Waals surface area contributed by atoms with Crippen molar-refractivity contribution in [2.45, 2.75) is 26.2 Å². The van der Waals surface area contributed by atoms with Crippen molar-refractivity contribution in [3.05, 3.63) is 9.98 Å². The molecule has 0 amide bonds. The quantitative estimate of drug-likeness (QED) is 0.839. The molecular formula is C10H15BrN2S. The van der Waals surface area contributed by atoms with Crippen molar-refractivity contribution >= 4 is 32.4 Å². The molecule has 1 aliphatic rings. The van der Waals surface area contributed by atoms with Gasteiger partial charge in [0.05, 0.1) is 0 Å². The van der Waals surface area contributed by atoms with E-state index in [1.54, 1.807) is 11.3 Å². The van der Waals surface area contributed by atoms with E-state index in [2.05, 4.69) is 38.1 Å². The maximum absolute atomic E-state index is 4.45. The predicted octanol–water partition coefficient (Wildman–Crippen LogP) is 3.53. The Hall–Kier alpha value is -0.0900. The van der Waals surface area contributed by atoms with Gasteiger partial charge in [0, 0.05) is 18.5 Å². The average Bonchev–Trinajstić information content (AvgIpc) is 2.74. The summed E-state index contributed by atoms with van der Waals surface area (Å²) in [5, 5.41) is 3.23. The van der Waals surface area contributed by atoms with E-state index in [1.165, 1.54) is 37.5 Å². The van der Waals surface area contributed by atoms with E-state index >= 15 is 0 Å². The van der Waals surface area contributed by atoms with Crippen LogP contribution in [0.5, 0.6) is 0 Å². The molecule has 1 aromatic heterocycles. The summed E-state index contributed by atoms with van der Waals surface area (Å²) in [6.07, 6.45) is 4.01. The van der Waals surface area contributed by atoms with Crippen LogP contribution in [0.1, 0.15) is 26.2 Å². The molecule has 4 heteroatoms. The van der Waals surface area contributed by atoms with Gasteiger partial charge in [0.1, 0.15) is 4.60 Å². The van der Waals surface area contributed by atoms with Crippen LogP contribution in [0.2, 0.25) is 0 Å². The lowest BCUT2D eigenvalue weighted by molar-refractivity contribution is 0.530. The Morgan fingerprint density at radius 1 is 1.71 bits per heavy atom. The number of hydrogen-bond donors (Lipinski definition) is 0. The highest BCUT2D eigenvalue weighted by atomic mass is 79.9. The zero-order valence-electron chi connectivity index (χ0n) is 8.37. The Morgan fingerprint density at radius 2 is 2.57 bits per heavy atom. The molecule has 1 aromatic rings. The highest BCUT2D eigenvalue weighted by Gasteiger charge is 2.23. The predicted molar refractivity (Wildman–Crippen MR) is 65.0 cm³/mol. The molecule has 0 N–H and O–H groups in total. The first-order chi connectivity index (χ1) is 6.79. The molecule has 0 aromatic carbocycles. The number of anilines is 1. The lowest BCUT2D eigenvalue weighted by atomic mass is 10.0. The normalized spacial score (nSPS) is 21.9. The molecule has 14 heavy (non-hydrogen) atoms. The van der Waals surface area contributed by atoms with Crippen molar-refractivity contribution in [2.75, 3.05) is 18.0 Å². The van der Waals surface area contributed by atoms with E-state index < -0.39 is 0 Å². The Balaban J connectivity index is 1.95. The molecule has 2 nitrogen and oxygen atoms in total. The van der Waals surface area contributed by atoms with Crippen molar-refractivity contribution < 1.29 is 0 Å². The van der Waals surface area contributed by atoms with Crippen LogP contribution in [-0.2, 0) is 0 Å². The first-order valence-electron chi connectivity index (χ1n) is 5.15. The van der Waals surface area contributed by atoms with E-state index in [9.17, 15) is 0 Å². The third-order valence-corrected chi connectivity index (χ3v) is 4.33. The summed E-state index contributed by atoms with van der Waals surface area (Å²) in [6.45, 7) is 4.65. The minimum absolute atomic E-state index is 0.891. The monoisotopic (exact) mass is 274 g/mol. The molecule has 78 valence electrons. The molecule has 0 saturated carbocycles. The lowest BCUT2D eigenvalue weighted by Crippen LogP contribution is -2.19. The lowest BCUT2D eigenvalue weighted by Gasteiger charge is -2.14. The third kappa shape index (κ3) is 2.28. The molecule has 1 aliphatic heterocycles. The summed E-state index contributed by atoms with van der Waals surface area (Å²) in [5.41, 5.74) is 0. The SMILES string of the molecule is CCCC1CCN(c2nc(Br)cs2)C1. The van der Waals surface area contributed by atoms with E-state index in [1.807, 2.05) is 0 Å². The van der Waals surface area contributed by atoms with E-state index in [-0.39, 0.29) is 0 Å². The van der Waals surface area contributed by atoms with Gasteiger partial charge >= 0.3 is 0 Å². The van der Waals surface area contributed by atoms with Crippen LogP contribution >= 0.6 is 27.3 Å². The summed E-state index contributed by atoms with van der Waals surface area (Å²) < 4.78 is 0.969. The van der Waals surface area contributed by atoms with Crippen LogP contribution in [0, 0.1) is 5.92 Å². The van der Waals surface area contributed by atoms with Crippen molar-refractivity contribution in [3.63, 3.8) is 0 Å². The molecule has 1 saturated heterocycles. The highest BCUT2D eigenvalue weighted by molar-refractivity contribution is 9.10. The molecule has 0 radical (unpaired) electrons. The first-order valence-corrected chi connectivity index (χ1v) is 6.83. The zero-order chi connectivity index (χ0) is 9.97. The fourth-order valence-electron chi connectivity index (χ4n) is 2.04.